The van der Waals surface area contributed by atoms with Gasteiger partial charge in [-0.25, -0.2) is 0 Å². The molecule has 0 spiro atoms. The molecule has 0 radical (unpaired) electrons. The van der Waals surface area contributed by atoms with E-state index in [1.807, 2.05) is 50.4 Å². The lowest BCUT2D eigenvalue weighted by Crippen LogP contribution is -2.35. The lowest BCUT2D eigenvalue weighted by Gasteiger charge is -2.27. The van der Waals surface area contributed by atoms with Crippen molar-refractivity contribution in [2.24, 2.45) is 0 Å². The van der Waals surface area contributed by atoms with Gasteiger partial charge in [0, 0.05) is 54.2 Å². The Labute approximate surface area is 226 Å². The Bertz CT molecular complexity index is 1220. The first-order chi connectivity index (χ1) is 17.8. The Morgan fingerprint density at radius 2 is 1.78 bits per heavy atom. The van der Waals surface area contributed by atoms with Gasteiger partial charge < -0.3 is 19.6 Å². The first kappa shape index (κ1) is 27.2. The monoisotopic (exact) mass is 519 g/mol. The van der Waals surface area contributed by atoms with Crippen LogP contribution in [0.3, 0.4) is 0 Å². The van der Waals surface area contributed by atoms with Gasteiger partial charge in [0.1, 0.15) is 12.4 Å². The molecule has 0 fully saturated rings. The van der Waals surface area contributed by atoms with Crippen LogP contribution in [0.5, 0.6) is 5.75 Å². The second kappa shape index (κ2) is 12.1. The fourth-order valence-electron chi connectivity index (χ4n) is 4.76. The van der Waals surface area contributed by atoms with Gasteiger partial charge in [0.05, 0.1) is 11.3 Å². The Hall–Kier alpha value is -2.86. The molecule has 5 nitrogen and oxygen atoms in total. The fourth-order valence-corrected chi connectivity index (χ4v) is 4.89. The van der Waals surface area contributed by atoms with Gasteiger partial charge in [-0.2, -0.15) is 0 Å². The standard InChI is InChI=1S/C31H38ClN3O2/c1-5-34(19-20-35(6-2)25-14-12-24(32)13-15-25)18-8-10-26-27-9-7-17-33-29(27)22-37-30-16-11-23(21-28(26)30)31(3,4)36/h7,9-17,21,36H,5-6,8,18-20,22H2,1-4H3. The van der Waals surface area contributed by atoms with E-state index in [0.29, 0.717) is 6.61 Å². The number of halogens is 1. The van der Waals surface area contributed by atoms with Crippen molar-refractivity contribution in [3.8, 4) is 5.75 Å². The predicted molar refractivity (Wildman–Crippen MR) is 153 cm³/mol. The number of hydrogen-bond acceptors (Lipinski definition) is 5. The fraction of sp³-hybridized carbons (Fsp3) is 0.387. The van der Waals surface area contributed by atoms with Gasteiger partial charge in [0.2, 0.25) is 0 Å². The van der Waals surface area contributed by atoms with Crippen molar-refractivity contribution >= 4 is 22.9 Å². The maximum atomic E-state index is 10.7. The van der Waals surface area contributed by atoms with E-state index in [-0.39, 0.29) is 0 Å². The van der Waals surface area contributed by atoms with Crippen molar-refractivity contribution in [2.75, 3.05) is 37.6 Å². The van der Waals surface area contributed by atoms with Gasteiger partial charge in [-0.15, -0.1) is 0 Å². The minimum atomic E-state index is -0.932. The van der Waals surface area contributed by atoms with E-state index in [0.717, 1.165) is 77.9 Å². The van der Waals surface area contributed by atoms with Crippen LogP contribution in [0, 0.1) is 0 Å². The van der Waals surface area contributed by atoms with Crippen molar-refractivity contribution in [3.05, 3.63) is 94.3 Å². The smallest absolute Gasteiger partial charge is 0.131 e. The first-order valence-corrected chi connectivity index (χ1v) is 13.5. The third-order valence-corrected chi connectivity index (χ3v) is 7.27. The zero-order valence-corrected chi connectivity index (χ0v) is 23.1. The van der Waals surface area contributed by atoms with Crippen molar-refractivity contribution in [1.29, 1.82) is 0 Å². The molecule has 0 amide bonds. The van der Waals surface area contributed by atoms with E-state index in [2.05, 4.69) is 59.0 Å². The number of likely N-dealkylation sites (N-methyl/N-ethyl adjacent to an activating group) is 2. The molecular formula is C31H38ClN3O2. The molecule has 6 heteroatoms. The lowest BCUT2D eigenvalue weighted by molar-refractivity contribution is 0.0785. The summed E-state index contributed by atoms with van der Waals surface area (Å²) in [5, 5.41) is 11.4. The normalized spacial score (nSPS) is 14.2. The minimum absolute atomic E-state index is 0.432. The Kier molecular flexibility index (Phi) is 8.91. The van der Waals surface area contributed by atoms with E-state index in [4.69, 9.17) is 16.3 Å². The maximum Gasteiger partial charge on any atom is 0.131 e. The summed E-state index contributed by atoms with van der Waals surface area (Å²) in [4.78, 5) is 9.47. The highest BCUT2D eigenvalue weighted by Gasteiger charge is 2.24. The van der Waals surface area contributed by atoms with Gasteiger partial charge in [-0.3, -0.25) is 4.98 Å². The van der Waals surface area contributed by atoms with E-state index >= 15 is 0 Å². The molecule has 1 N–H and O–H groups in total. The molecular weight excluding hydrogens is 482 g/mol. The number of aromatic nitrogens is 1. The highest BCUT2D eigenvalue weighted by atomic mass is 35.5. The molecule has 2 heterocycles. The SMILES string of the molecule is CCN(CCC=C1c2cc(C(C)(C)O)ccc2OCc2ncccc21)CCN(CC)c1ccc(Cl)cc1. The third-order valence-electron chi connectivity index (χ3n) is 7.02. The van der Waals surface area contributed by atoms with Crippen LogP contribution in [0.25, 0.3) is 5.57 Å². The number of ether oxygens (including phenoxy) is 1. The molecule has 2 aromatic carbocycles. The van der Waals surface area contributed by atoms with Gasteiger partial charge in [-0.05, 0) is 87.3 Å². The summed E-state index contributed by atoms with van der Waals surface area (Å²) in [6.45, 7) is 13.3. The van der Waals surface area contributed by atoms with E-state index in [1.165, 1.54) is 5.69 Å². The summed E-state index contributed by atoms with van der Waals surface area (Å²) in [6, 6.07) is 18.2. The second-order valence-corrected chi connectivity index (χ2v) is 10.4. The zero-order valence-electron chi connectivity index (χ0n) is 22.4. The van der Waals surface area contributed by atoms with E-state index < -0.39 is 5.60 Å². The Morgan fingerprint density at radius 1 is 1.00 bits per heavy atom. The average Bonchev–Trinajstić information content (AvgIpc) is 3.05. The minimum Gasteiger partial charge on any atom is -0.487 e. The molecule has 0 saturated carbocycles. The van der Waals surface area contributed by atoms with Crippen LogP contribution in [0.4, 0.5) is 5.69 Å². The number of rotatable bonds is 10. The average molecular weight is 520 g/mol. The van der Waals surface area contributed by atoms with Crippen molar-refractivity contribution < 1.29 is 9.84 Å². The van der Waals surface area contributed by atoms with Crippen molar-refractivity contribution in [1.82, 2.24) is 9.88 Å². The van der Waals surface area contributed by atoms with Crippen LogP contribution in [-0.4, -0.2) is 47.7 Å². The molecule has 196 valence electrons. The first-order valence-electron chi connectivity index (χ1n) is 13.2. The summed E-state index contributed by atoms with van der Waals surface area (Å²) < 4.78 is 6.14. The number of nitrogens with zero attached hydrogens (tertiary/aromatic N) is 3. The van der Waals surface area contributed by atoms with Crippen molar-refractivity contribution in [3.63, 3.8) is 0 Å². The van der Waals surface area contributed by atoms with E-state index in [1.54, 1.807) is 0 Å². The largest absolute Gasteiger partial charge is 0.487 e. The Balaban J connectivity index is 1.53. The molecule has 1 aliphatic heterocycles. The molecule has 4 rings (SSSR count). The number of fused-ring (bicyclic) bond motifs is 2. The van der Waals surface area contributed by atoms with Gasteiger partial charge >= 0.3 is 0 Å². The second-order valence-electron chi connectivity index (χ2n) is 9.95. The Morgan fingerprint density at radius 3 is 2.49 bits per heavy atom. The quantitative estimate of drug-likeness (QED) is 0.330. The molecule has 1 aromatic heterocycles. The van der Waals surface area contributed by atoms with E-state index in [9.17, 15) is 5.11 Å². The molecule has 0 aliphatic carbocycles. The molecule has 0 saturated heterocycles. The van der Waals surface area contributed by atoms with Gasteiger partial charge in [-0.1, -0.05) is 36.7 Å². The molecule has 3 aromatic rings. The highest BCUT2D eigenvalue weighted by Crippen LogP contribution is 2.38. The van der Waals surface area contributed by atoms with Crippen molar-refractivity contribution in [2.45, 2.75) is 46.3 Å². The number of anilines is 1. The zero-order chi connectivity index (χ0) is 26.4. The van der Waals surface area contributed by atoms with Crippen LogP contribution in [0.2, 0.25) is 5.02 Å². The molecule has 37 heavy (non-hydrogen) atoms. The number of aliphatic hydroxyl groups is 1. The lowest BCUT2D eigenvalue weighted by atomic mass is 9.90. The summed E-state index contributed by atoms with van der Waals surface area (Å²) in [7, 11) is 0. The number of benzene rings is 2. The number of hydrogen-bond donors (Lipinski definition) is 1. The van der Waals surface area contributed by atoms with Crippen LogP contribution in [0.15, 0.2) is 66.9 Å². The van der Waals surface area contributed by atoms with Crippen LogP contribution in [-0.2, 0) is 12.2 Å². The summed E-state index contributed by atoms with van der Waals surface area (Å²) in [5.41, 5.74) is 5.29. The highest BCUT2D eigenvalue weighted by molar-refractivity contribution is 6.30. The van der Waals surface area contributed by atoms with Crippen LogP contribution < -0.4 is 9.64 Å². The number of pyridine rings is 1. The molecule has 0 bridgehead atoms. The molecule has 0 unspecified atom stereocenters. The summed E-state index contributed by atoms with van der Waals surface area (Å²) in [6.07, 6.45) is 5.02. The summed E-state index contributed by atoms with van der Waals surface area (Å²) in [5.74, 6) is 0.825. The summed E-state index contributed by atoms with van der Waals surface area (Å²) >= 11 is 6.08. The van der Waals surface area contributed by atoms with Gasteiger partial charge in [0.25, 0.3) is 0 Å². The maximum absolute atomic E-state index is 10.7. The van der Waals surface area contributed by atoms with Crippen LogP contribution in [0.1, 0.15) is 56.5 Å². The third kappa shape index (κ3) is 6.72. The predicted octanol–water partition coefficient (Wildman–Crippen LogP) is 6.53. The topological polar surface area (TPSA) is 48.8 Å². The molecule has 0 atom stereocenters. The van der Waals surface area contributed by atoms with Gasteiger partial charge in [0.15, 0.2) is 0 Å². The van der Waals surface area contributed by atoms with Crippen LogP contribution >= 0.6 is 11.6 Å². The molecule has 1 aliphatic rings.